The summed E-state index contributed by atoms with van der Waals surface area (Å²) < 4.78 is 19.5. The molecule has 7 nitrogen and oxygen atoms in total. The Morgan fingerprint density at radius 2 is 2.12 bits per heavy atom. The van der Waals surface area contributed by atoms with Gasteiger partial charge in [-0.15, -0.1) is 0 Å². The predicted molar refractivity (Wildman–Crippen MR) is 85.3 cm³/mol. The van der Waals surface area contributed by atoms with Gasteiger partial charge in [-0.25, -0.2) is 9.18 Å². The summed E-state index contributed by atoms with van der Waals surface area (Å²) in [6.07, 6.45) is -1.31. The average molecular weight is 337 g/mol. The Morgan fingerprint density at radius 3 is 2.67 bits per heavy atom. The van der Waals surface area contributed by atoms with E-state index in [-0.39, 0.29) is 12.5 Å². The van der Waals surface area contributed by atoms with Crippen molar-refractivity contribution in [2.24, 2.45) is 0 Å². The van der Waals surface area contributed by atoms with Crippen LogP contribution < -0.4 is 9.80 Å². The van der Waals surface area contributed by atoms with E-state index in [0.29, 0.717) is 24.5 Å². The number of benzene rings is 1. The molecule has 1 unspecified atom stereocenters. The number of carbonyl (C=O) groups excluding carboxylic acids is 2. The van der Waals surface area contributed by atoms with Crippen molar-refractivity contribution in [3.05, 3.63) is 24.0 Å². The lowest BCUT2D eigenvalue weighted by molar-refractivity contribution is -0.134. The smallest absolute Gasteiger partial charge is 0.416 e. The number of likely N-dealkylation sites (N-methyl/N-ethyl adjacent to an activating group) is 1. The SMILES string of the molecule is CC(=O)N(C)C1CN(c2ccc(N3CC(C)(O)C3)c(F)c2)C(=O)O1. The van der Waals surface area contributed by atoms with Crippen LogP contribution in [0.25, 0.3) is 0 Å². The Balaban J connectivity index is 1.75. The van der Waals surface area contributed by atoms with Crippen LogP contribution in [0.3, 0.4) is 0 Å². The molecular formula is C16H20FN3O4. The lowest BCUT2D eigenvalue weighted by Gasteiger charge is -2.45. The van der Waals surface area contributed by atoms with Gasteiger partial charge in [0.25, 0.3) is 0 Å². The van der Waals surface area contributed by atoms with E-state index in [1.165, 1.54) is 22.8 Å². The second kappa shape index (κ2) is 5.62. The molecule has 1 aromatic rings. The second-order valence-corrected chi connectivity index (χ2v) is 6.57. The third kappa shape index (κ3) is 2.89. The first kappa shape index (κ1) is 16.5. The first-order valence-corrected chi connectivity index (χ1v) is 7.66. The maximum atomic E-state index is 14.4. The molecule has 1 atom stereocenters. The molecule has 24 heavy (non-hydrogen) atoms. The summed E-state index contributed by atoms with van der Waals surface area (Å²) in [5.74, 6) is -0.694. The highest BCUT2D eigenvalue weighted by Gasteiger charge is 2.39. The number of nitrogens with zero attached hydrogens (tertiary/aromatic N) is 3. The highest BCUT2D eigenvalue weighted by Crippen LogP contribution is 2.32. The van der Waals surface area contributed by atoms with Crippen molar-refractivity contribution in [1.29, 1.82) is 0 Å². The van der Waals surface area contributed by atoms with E-state index in [1.807, 2.05) is 0 Å². The number of amides is 2. The molecule has 0 aromatic heterocycles. The Bertz CT molecular complexity index is 686. The van der Waals surface area contributed by atoms with Crippen LogP contribution in [-0.2, 0) is 9.53 Å². The van der Waals surface area contributed by atoms with Gasteiger partial charge < -0.3 is 19.6 Å². The number of ether oxygens (including phenoxy) is 1. The van der Waals surface area contributed by atoms with Gasteiger partial charge in [0.05, 0.1) is 23.5 Å². The maximum absolute atomic E-state index is 14.4. The molecule has 8 heteroatoms. The molecule has 2 amide bonds. The van der Waals surface area contributed by atoms with Gasteiger partial charge in [0.15, 0.2) is 6.23 Å². The number of hydrogen-bond donors (Lipinski definition) is 1. The van der Waals surface area contributed by atoms with Crippen molar-refractivity contribution in [2.45, 2.75) is 25.7 Å². The minimum Gasteiger partial charge on any atom is -0.423 e. The molecule has 0 radical (unpaired) electrons. The van der Waals surface area contributed by atoms with Crippen molar-refractivity contribution in [3.63, 3.8) is 0 Å². The standard InChI is InChI=1S/C16H20FN3O4/c1-10(21)18(3)14-7-20(15(22)24-14)11-4-5-13(12(17)6-11)19-8-16(2,23)9-19/h4-6,14,23H,7-9H2,1-3H3. The molecule has 0 saturated carbocycles. The normalized spacial score (nSPS) is 22.2. The second-order valence-electron chi connectivity index (χ2n) is 6.57. The predicted octanol–water partition coefficient (Wildman–Crippen LogP) is 1.16. The Labute approximate surface area is 139 Å². The first-order chi connectivity index (χ1) is 11.2. The van der Waals surface area contributed by atoms with E-state index < -0.39 is 23.7 Å². The molecule has 2 aliphatic rings. The Morgan fingerprint density at radius 1 is 1.46 bits per heavy atom. The molecule has 0 aliphatic carbocycles. The van der Waals surface area contributed by atoms with E-state index in [4.69, 9.17) is 4.74 Å². The molecule has 0 spiro atoms. The van der Waals surface area contributed by atoms with Crippen LogP contribution >= 0.6 is 0 Å². The van der Waals surface area contributed by atoms with Gasteiger partial charge in [0, 0.05) is 27.1 Å². The first-order valence-electron chi connectivity index (χ1n) is 7.66. The number of hydrogen-bond acceptors (Lipinski definition) is 5. The third-order valence-corrected chi connectivity index (χ3v) is 4.37. The quantitative estimate of drug-likeness (QED) is 0.896. The Hall–Kier alpha value is -2.35. The van der Waals surface area contributed by atoms with Gasteiger partial charge in [-0.1, -0.05) is 0 Å². The van der Waals surface area contributed by atoms with Crippen molar-refractivity contribution in [2.75, 3.05) is 36.5 Å². The summed E-state index contributed by atoms with van der Waals surface area (Å²) in [5, 5.41) is 9.76. The van der Waals surface area contributed by atoms with E-state index in [9.17, 15) is 19.1 Å². The fourth-order valence-electron chi connectivity index (χ4n) is 2.93. The largest absolute Gasteiger partial charge is 0.423 e. The summed E-state index contributed by atoms with van der Waals surface area (Å²) in [5.41, 5.74) is -0.0443. The van der Waals surface area contributed by atoms with E-state index in [0.717, 1.165) is 0 Å². The minimum atomic E-state index is -0.797. The molecule has 2 fully saturated rings. The van der Waals surface area contributed by atoms with Crippen LogP contribution in [0.2, 0.25) is 0 Å². The lowest BCUT2D eigenvalue weighted by Crippen LogP contribution is -2.60. The number of aliphatic hydroxyl groups is 1. The molecule has 2 heterocycles. The Kier molecular flexibility index (Phi) is 3.87. The monoisotopic (exact) mass is 337 g/mol. The van der Waals surface area contributed by atoms with E-state index in [2.05, 4.69) is 0 Å². The molecule has 3 rings (SSSR count). The molecule has 2 aliphatic heterocycles. The fraction of sp³-hybridized carbons (Fsp3) is 0.500. The van der Waals surface area contributed by atoms with Crippen LogP contribution in [-0.4, -0.2) is 60.5 Å². The van der Waals surface area contributed by atoms with Crippen LogP contribution in [0, 0.1) is 5.82 Å². The summed E-state index contributed by atoms with van der Waals surface area (Å²) in [7, 11) is 1.54. The van der Waals surface area contributed by atoms with Crippen LogP contribution in [0.5, 0.6) is 0 Å². The number of rotatable bonds is 3. The van der Waals surface area contributed by atoms with Crippen LogP contribution in [0.4, 0.5) is 20.6 Å². The van der Waals surface area contributed by atoms with Gasteiger partial charge in [0.1, 0.15) is 5.82 Å². The number of carbonyl (C=O) groups is 2. The molecule has 130 valence electrons. The molecule has 1 N–H and O–H groups in total. The maximum Gasteiger partial charge on any atom is 0.416 e. The zero-order valence-corrected chi connectivity index (χ0v) is 13.8. The topological polar surface area (TPSA) is 73.3 Å². The number of halogens is 1. The van der Waals surface area contributed by atoms with E-state index in [1.54, 1.807) is 31.0 Å². The van der Waals surface area contributed by atoms with Gasteiger partial charge in [0.2, 0.25) is 5.91 Å². The van der Waals surface area contributed by atoms with Gasteiger partial charge >= 0.3 is 6.09 Å². The van der Waals surface area contributed by atoms with Gasteiger partial charge in [-0.3, -0.25) is 9.69 Å². The average Bonchev–Trinajstić information content (AvgIpc) is 2.85. The molecule has 0 bridgehead atoms. The highest BCUT2D eigenvalue weighted by molar-refractivity contribution is 5.90. The van der Waals surface area contributed by atoms with Crippen LogP contribution in [0.15, 0.2) is 18.2 Å². The molecule has 1 aromatic carbocycles. The van der Waals surface area contributed by atoms with Crippen molar-refractivity contribution < 1.29 is 23.8 Å². The number of anilines is 2. The molecule has 2 saturated heterocycles. The summed E-state index contributed by atoms with van der Waals surface area (Å²) in [6.45, 7) is 3.95. The zero-order chi connectivity index (χ0) is 17.6. The zero-order valence-electron chi connectivity index (χ0n) is 13.8. The lowest BCUT2D eigenvalue weighted by atomic mass is 9.96. The van der Waals surface area contributed by atoms with Crippen molar-refractivity contribution in [1.82, 2.24) is 4.90 Å². The number of β-amino-alcohol motifs (C(OH)–C–C–N with tert-alkyl or cyclic N) is 1. The van der Waals surface area contributed by atoms with Crippen molar-refractivity contribution in [3.8, 4) is 0 Å². The number of cyclic esters (lactones) is 1. The van der Waals surface area contributed by atoms with E-state index >= 15 is 0 Å². The summed E-state index contributed by atoms with van der Waals surface area (Å²) in [6, 6.07) is 4.47. The van der Waals surface area contributed by atoms with Gasteiger partial charge in [-0.2, -0.15) is 0 Å². The summed E-state index contributed by atoms with van der Waals surface area (Å²) in [4.78, 5) is 27.7. The van der Waals surface area contributed by atoms with Gasteiger partial charge in [-0.05, 0) is 25.1 Å². The third-order valence-electron chi connectivity index (χ3n) is 4.37. The van der Waals surface area contributed by atoms with Crippen molar-refractivity contribution >= 4 is 23.4 Å². The minimum absolute atomic E-state index is 0.145. The van der Waals surface area contributed by atoms with Crippen LogP contribution in [0.1, 0.15) is 13.8 Å². The molecular weight excluding hydrogens is 317 g/mol. The highest BCUT2D eigenvalue weighted by atomic mass is 19.1. The fourth-order valence-corrected chi connectivity index (χ4v) is 2.93. The summed E-state index contributed by atoms with van der Waals surface area (Å²) >= 11 is 0.